The van der Waals surface area contributed by atoms with E-state index in [1.807, 2.05) is 18.2 Å². The van der Waals surface area contributed by atoms with Gasteiger partial charge in [-0.2, -0.15) is 4.37 Å². The van der Waals surface area contributed by atoms with Crippen LogP contribution in [0.3, 0.4) is 0 Å². The first kappa shape index (κ1) is 12.7. The second-order valence-corrected chi connectivity index (χ2v) is 5.94. The van der Waals surface area contributed by atoms with E-state index >= 15 is 0 Å². The number of rotatable bonds is 4. The average Bonchev–Trinajstić information content (AvgIpc) is 2.75. The lowest BCUT2D eigenvalue weighted by Gasteiger charge is -2.04. The van der Waals surface area contributed by atoms with Crippen LogP contribution in [0.15, 0.2) is 34.8 Å². The summed E-state index contributed by atoms with van der Waals surface area (Å²) in [5.74, 6) is 0. The maximum absolute atomic E-state index is 4.50. The van der Waals surface area contributed by atoms with Gasteiger partial charge in [-0.15, -0.1) is 0 Å². The fraction of sp³-hybridized carbons (Fsp3) is 0.308. The molecule has 90 valence electrons. The third kappa shape index (κ3) is 3.37. The summed E-state index contributed by atoms with van der Waals surface area (Å²) in [5, 5.41) is 3.40. The molecule has 0 aliphatic carbocycles. The number of hydrogen-bond donors (Lipinski definition) is 1. The summed E-state index contributed by atoms with van der Waals surface area (Å²) in [6.07, 6.45) is 0. The minimum Gasteiger partial charge on any atom is -0.310 e. The van der Waals surface area contributed by atoms with Gasteiger partial charge in [-0.25, -0.2) is 0 Å². The maximum atomic E-state index is 4.50. The molecule has 1 heterocycles. The Morgan fingerprint density at radius 2 is 2.12 bits per heavy atom. The van der Waals surface area contributed by atoms with Crippen molar-refractivity contribution in [2.45, 2.75) is 26.4 Å². The first-order valence-electron chi connectivity index (χ1n) is 5.60. The molecule has 0 saturated carbocycles. The lowest BCUT2D eigenvalue weighted by Crippen LogP contribution is -2.21. The van der Waals surface area contributed by atoms with E-state index in [1.54, 1.807) is 11.5 Å². The molecule has 1 aromatic carbocycles. The highest BCUT2D eigenvalue weighted by atomic mass is 79.9. The Morgan fingerprint density at radius 1 is 1.35 bits per heavy atom. The van der Waals surface area contributed by atoms with Crippen LogP contribution in [0.2, 0.25) is 0 Å². The molecule has 4 heteroatoms. The molecule has 0 radical (unpaired) electrons. The highest BCUT2D eigenvalue weighted by Crippen LogP contribution is 2.28. The second kappa shape index (κ2) is 5.76. The quantitative estimate of drug-likeness (QED) is 0.920. The largest absolute Gasteiger partial charge is 0.310 e. The average molecular weight is 311 g/mol. The summed E-state index contributed by atoms with van der Waals surface area (Å²) < 4.78 is 5.59. The first-order valence-corrected chi connectivity index (χ1v) is 7.17. The van der Waals surface area contributed by atoms with Gasteiger partial charge in [-0.3, -0.25) is 0 Å². The van der Waals surface area contributed by atoms with Gasteiger partial charge in [0.05, 0.1) is 5.69 Å². The number of aromatic nitrogens is 1. The summed E-state index contributed by atoms with van der Waals surface area (Å²) in [7, 11) is 0. The van der Waals surface area contributed by atoms with E-state index in [0.29, 0.717) is 6.04 Å². The minimum atomic E-state index is 0.504. The van der Waals surface area contributed by atoms with Gasteiger partial charge in [0.25, 0.3) is 0 Å². The molecular weight excluding hydrogens is 296 g/mol. The molecule has 2 aromatic rings. The van der Waals surface area contributed by atoms with Gasteiger partial charge in [0.2, 0.25) is 0 Å². The Labute approximate surface area is 114 Å². The lowest BCUT2D eigenvalue weighted by molar-refractivity contribution is 0.593. The summed E-state index contributed by atoms with van der Waals surface area (Å²) >= 11 is 5.12. The molecule has 0 amide bonds. The van der Waals surface area contributed by atoms with E-state index in [4.69, 9.17) is 0 Å². The molecule has 2 nitrogen and oxygen atoms in total. The summed E-state index contributed by atoms with van der Waals surface area (Å²) in [6, 6.07) is 10.8. The van der Waals surface area contributed by atoms with Crippen molar-refractivity contribution in [3.63, 3.8) is 0 Å². The van der Waals surface area contributed by atoms with Crippen LogP contribution in [0.1, 0.15) is 18.7 Å². The van der Waals surface area contributed by atoms with E-state index in [0.717, 1.165) is 22.3 Å². The molecule has 0 aliphatic rings. The fourth-order valence-electron chi connectivity index (χ4n) is 1.50. The predicted octanol–water partition coefficient (Wildman–Crippen LogP) is 4.07. The molecule has 0 spiro atoms. The Bertz CT molecular complexity index is 494. The number of benzene rings is 1. The standard InChI is InChI=1S/C13H15BrN2S/c1-9(2)15-8-10-7-13(16-17-10)11-5-3-4-6-12(11)14/h3-7,9,15H,8H2,1-2H3. The van der Waals surface area contributed by atoms with E-state index in [1.165, 1.54) is 4.88 Å². The molecule has 0 aliphatic heterocycles. The Morgan fingerprint density at radius 3 is 2.82 bits per heavy atom. The maximum Gasteiger partial charge on any atom is 0.0855 e. The van der Waals surface area contributed by atoms with Crippen molar-refractivity contribution in [1.82, 2.24) is 9.69 Å². The normalized spacial score (nSPS) is 11.1. The van der Waals surface area contributed by atoms with Gasteiger partial charge in [-0.05, 0) is 23.7 Å². The zero-order chi connectivity index (χ0) is 12.3. The van der Waals surface area contributed by atoms with Crippen molar-refractivity contribution in [2.24, 2.45) is 0 Å². The molecule has 0 fully saturated rings. The molecule has 1 aromatic heterocycles. The monoisotopic (exact) mass is 310 g/mol. The van der Waals surface area contributed by atoms with Crippen molar-refractivity contribution in [2.75, 3.05) is 0 Å². The third-order valence-electron chi connectivity index (χ3n) is 2.39. The molecule has 2 rings (SSSR count). The Hall–Kier alpha value is -0.710. The zero-order valence-electron chi connectivity index (χ0n) is 9.90. The van der Waals surface area contributed by atoms with Gasteiger partial charge < -0.3 is 5.32 Å². The predicted molar refractivity (Wildman–Crippen MR) is 77.2 cm³/mol. The van der Waals surface area contributed by atoms with Gasteiger partial charge >= 0.3 is 0 Å². The topological polar surface area (TPSA) is 24.9 Å². The smallest absolute Gasteiger partial charge is 0.0855 e. The van der Waals surface area contributed by atoms with Crippen LogP contribution < -0.4 is 5.32 Å². The number of hydrogen-bond acceptors (Lipinski definition) is 3. The van der Waals surface area contributed by atoms with Gasteiger partial charge in [0.15, 0.2) is 0 Å². The van der Waals surface area contributed by atoms with Crippen LogP contribution in [-0.4, -0.2) is 10.4 Å². The van der Waals surface area contributed by atoms with Crippen molar-refractivity contribution in [3.8, 4) is 11.3 Å². The van der Waals surface area contributed by atoms with Crippen molar-refractivity contribution < 1.29 is 0 Å². The molecule has 0 unspecified atom stereocenters. The number of halogens is 1. The lowest BCUT2D eigenvalue weighted by atomic mass is 10.1. The van der Waals surface area contributed by atoms with Crippen LogP contribution >= 0.6 is 27.5 Å². The van der Waals surface area contributed by atoms with E-state index in [9.17, 15) is 0 Å². The van der Waals surface area contributed by atoms with Crippen LogP contribution in [0, 0.1) is 0 Å². The molecule has 0 bridgehead atoms. The van der Waals surface area contributed by atoms with Crippen molar-refractivity contribution in [3.05, 3.63) is 39.7 Å². The van der Waals surface area contributed by atoms with E-state index in [2.05, 4.69) is 51.6 Å². The van der Waals surface area contributed by atoms with Gasteiger partial charge in [0, 0.05) is 27.5 Å². The fourth-order valence-corrected chi connectivity index (χ4v) is 2.66. The van der Waals surface area contributed by atoms with Crippen LogP contribution in [0.4, 0.5) is 0 Å². The van der Waals surface area contributed by atoms with Crippen LogP contribution in [-0.2, 0) is 6.54 Å². The molecule has 1 N–H and O–H groups in total. The minimum absolute atomic E-state index is 0.504. The van der Waals surface area contributed by atoms with Crippen molar-refractivity contribution in [1.29, 1.82) is 0 Å². The van der Waals surface area contributed by atoms with Gasteiger partial charge in [0.1, 0.15) is 0 Å². The highest BCUT2D eigenvalue weighted by molar-refractivity contribution is 9.10. The van der Waals surface area contributed by atoms with Gasteiger partial charge in [-0.1, -0.05) is 48.0 Å². The number of nitrogens with one attached hydrogen (secondary N) is 1. The zero-order valence-corrected chi connectivity index (χ0v) is 12.3. The third-order valence-corrected chi connectivity index (χ3v) is 3.87. The van der Waals surface area contributed by atoms with E-state index < -0.39 is 0 Å². The molecular formula is C13H15BrN2S. The Balaban J connectivity index is 2.16. The SMILES string of the molecule is CC(C)NCc1cc(-c2ccccc2Br)ns1. The first-order chi connectivity index (χ1) is 8.16. The van der Waals surface area contributed by atoms with Crippen LogP contribution in [0.25, 0.3) is 11.3 Å². The second-order valence-electron chi connectivity index (χ2n) is 4.19. The summed E-state index contributed by atoms with van der Waals surface area (Å²) in [6.45, 7) is 5.19. The molecule has 0 saturated heterocycles. The van der Waals surface area contributed by atoms with Crippen molar-refractivity contribution >= 4 is 27.5 Å². The van der Waals surface area contributed by atoms with E-state index in [-0.39, 0.29) is 0 Å². The Kier molecular flexibility index (Phi) is 4.31. The highest BCUT2D eigenvalue weighted by Gasteiger charge is 2.07. The van der Waals surface area contributed by atoms with Crippen LogP contribution in [0.5, 0.6) is 0 Å². The number of nitrogens with zero attached hydrogens (tertiary/aromatic N) is 1. The summed E-state index contributed by atoms with van der Waals surface area (Å²) in [4.78, 5) is 1.27. The molecule has 17 heavy (non-hydrogen) atoms. The summed E-state index contributed by atoms with van der Waals surface area (Å²) in [5.41, 5.74) is 2.20. The molecule has 0 atom stereocenters.